The van der Waals surface area contributed by atoms with Crippen LogP contribution in [0, 0.1) is 0 Å². The molecule has 5 nitrogen and oxygen atoms in total. The SMILES string of the molecule is COc1ccccc1C(=O)NCC(C)(O)CN(C)C. The monoisotopic (exact) mass is 266 g/mol. The van der Waals surface area contributed by atoms with Gasteiger partial charge in [0.05, 0.1) is 18.3 Å². The minimum Gasteiger partial charge on any atom is -0.496 e. The Labute approximate surface area is 114 Å². The van der Waals surface area contributed by atoms with Gasteiger partial charge in [-0.2, -0.15) is 0 Å². The number of carbonyl (C=O) groups excluding carboxylic acids is 1. The van der Waals surface area contributed by atoms with Crippen molar-refractivity contribution in [1.82, 2.24) is 10.2 Å². The quantitative estimate of drug-likeness (QED) is 0.797. The standard InChI is InChI=1S/C14H22N2O3/c1-14(18,10-16(2)3)9-15-13(17)11-7-5-6-8-12(11)19-4/h5-8,18H,9-10H2,1-4H3,(H,15,17). The van der Waals surface area contributed by atoms with Crippen molar-refractivity contribution >= 4 is 5.91 Å². The Morgan fingerprint density at radius 2 is 2.05 bits per heavy atom. The molecule has 0 saturated heterocycles. The number of amides is 1. The highest BCUT2D eigenvalue weighted by molar-refractivity contribution is 5.96. The second-order valence-electron chi connectivity index (χ2n) is 5.12. The Bertz CT molecular complexity index is 430. The van der Waals surface area contributed by atoms with Crippen LogP contribution in [0.15, 0.2) is 24.3 Å². The molecule has 0 aliphatic heterocycles. The van der Waals surface area contributed by atoms with E-state index in [0.717, 1.165) is 0 Å². The molecule has 0 spiro atoms. The molecule has 106 valence electrons. The summed E-state index contributed by atoms with van der Waals surface area (Å²) in [7, 11) is 5.27. The topological polar surface area (TPSA) is 61.8 Å². The highest BCUT2D eigenvalue weighted by Gasteiger charge is 2.23. The zero-order valence-electron chi connectivity index (χ0n) is 11.9. The van der Waals surface area contributed by atoms with Crippen molar-refractivity contribution in [2.45, 2.75) is 12.5 Å². The van der Waals surface area contributed by atoms with E-state index in [2.05, 4.69) is 5.32 Å². The van der Waals surface area contributed by atoms with Gasteiger partial charge in [0.1, 0.15) is 5.75 Å². The van der Waals surface area contributed by atoms with E-state index in [-0.39, 0.29) is 12.5 Å². The van der Waals surface area contributed by atoms with Gasteiger partial charge in [0.2, 0.25) is 0 Å². The third-order valence-electron chi connectivity index (χ3n) is 2.64. The number of ether oxygens (including phenoxy) is 1. The average Bonchev–Trinajstić information content (AvgIpc) is 2.34. The summed E-state index contributed by atoms with van der Waals surface area (Å²) in [5, 5.41) is 12.8. The number of methoxy groups -OCH3 is 1. The molecule has 1 aromatic rings. The summed E-state index contributed by atoms with van der Waals surface area (Å²) in [6, 6.07) is 6.99. The Hall–Kier alpha value is -1.59. The van der Waals surface area contributed by atoms with E-state index in [4.69, 9.17) is 4.74 Å². The van der Waals surface area contributed by atoms with Crippen LogP contribution in [-0.2, 0) is 0 Å². The van der Waals surface area contributed by atoms with Crippen molar-refractivity contribution in [1.29, 1.82) is 0 Å². The predicted molar refractivity (Wildman–Crippen MR) is 74.5 cm³/mol. The van der Waals surface area contributed by atoms with Crippen molar-refractivity contribution < 1.29 is 14.6 Å². The van der Waals surface area contributed by atoms with Gasteiger partial charge < -0.3 is 20.1 Å². The van der Waals surface area contributed by atoms with Crippen LogP contribution in [0.3, 0.4) is 0 Å². The van der Waals surface area contributed by atoms with Gasteiger partial charge in [-0.1, -0.05) is 12.1 Å². The molecule has 0 heterocycles. The average molecular weight is 266 g/mol. The zero-order chi connectivity index (χ0) is 14.5. The fourth-order valence-electron chi connectivity index (χ4n) is 1.94. The number of likely N-dealkylation sites (N-methyl/N-ethyl adjacent to an activating group) is 1. The van der Waals surface area contributed by atoms with Gasteiger partial charge in [-0.25, -0.2) is 0 Å². The lowest BCUT2D eigenvalue weighted by Crippen LogP contribution is -2.47. The lowest BCUT2D eigenvalue weighted by Gasteiger charge is -2.27. The molecule has 0 saturated carbocycles. The van der Waals surface area contributed by atoms with Crippen LogP contribution in [0.4, 0.5) is 0 Å². The smallest absolute Gasteiger partial charge is 0.255 e. The van der Waals surface area contributed by atoms with Crippen molar-refractivity contribution in [3.63, 3.8) is 0 Å². The van der Waals surface area contributed by atoms with Gasteiger partial charge in [-0.3, -0.25) is 4.79 Å². The Kier molecular flexibility index (Phi) is 5.32. The number of carbonyl (C=O) groups is 1. The Balaban J connectivity index is 2.65. The van der Waals surface area contributed by atoms with Gasteiger partial charge >= 0.3 is 0 Å². The number of aliphatic hydroxyl groups is 1. The third kappa shape index (κ3) is 4.89. The normalized spacial score (nSPS) is 14.0. The lowest BCUT2D eigenvalue weighted by atomic mass is 10.1. The molecule has 0 radical (unpaired) electrons. The maximum atomic E-state index is 12.0. The van der Waals surface area contributed by atoms with Crippen LogP contribution in [0.25, 0.3) is 0 Å². The first-order valence-electron chi connectivity index (χ1n) is 6.14. The summed E-state index contributed by atoms with van der Waals surface area (Å²) in [5.41, 5.74) is -0.507. The van der Waals surface area contributed by atoms with Gasteiger partial charge in [0.15, 0.2) is 0 Å². The van der Waals surface area contributed by atoms with Crippen LogP contribution in [0.5, 0.6) is 5.75 Å². The van der Waals surface area contributed by atoms with Gasteiger partial charge in [-0.15, -0.1) is 0 Å². The number of rotatable bonds is 6. The fourth-order valence-corrected chi connectivity index (χ4v) is 1.94. The Morgan fingerprint density at radius 1 is 1.42 bits per heavy atom. The first-order valence-corrected chi connectivity index (χ1v) is 6.14. The number of para-hydroxylation sites is 1. The third-order valence-corrected chi connectivity index (χ3v) is 2.64. The molecule has 5 heteroatoms. The first kappa shape index (κ1) is 15.5. The largest absolute Gasteiger partial charge is 0.496 e. The molecule has 2 N–H and O–H groups in total. The molecule has 19 heavy (non-hydrogen) atoms. The molecule has 0 aliphatic rings. The van der Waals surface area contributed by atoms with Gasteiger partial charge in [-0.05, 0) is 33.2 Å². The summed E-state index contributed by atoms with van der Waals surface area (Å²) < 4.78 is 5.13. The molecule has 0 aliphatic carbocycles. The maximum Gasteiger partial charge on any atom is 0.255 e. The molecule has 0 fully saturated rings. The van der Waals surface area contributed by atoms with E-state index < -0.39 is 5.60 Å². The van der Waals surface area contributed by atoms with Crippen LogP contribution < -0.4 is 10.1 Å². The molecule has 1 rings (SSSR count). The van der Waals surface area contributed by atoms with Gasteiger partial charge in [0, 0.05) is 13.1 Å². The van der Waals surface area contributed by atoms with Crippen LogP contribution in [0.1, 0.15) is 17.3 Å². The molecule has 1 aromatic carbocycles. The van der Waals surface area contributed by atoms with Crippen molar-refractivity contribution in [3.05, 3.63) is 29.8 Å². The van der Waals surface area contributed by atoms with E-state index in [1.165, 1.54) is 7.11 Å². The van der Waals surface area contributed by atoms with E-state index >= 15 is 0 Å². The summed E-state index contributed by atoms with van der Waals surface area (Å²) in [4.78, 5) is 13.9. The zero-order valence-corrected chi connectivity index (χ0v) is 11.9. The predicted octanol–water partition coefficient (Wildman–Crippen LogP) is 0.738. The van der Waals surface area contributed by atoms with E-state index in [0.29, 0.717) is 17.9 Å². The van der Waals surface area contributed by atoms with Crippen LogP contribution in [-0.4, -0.2) is 55.8 Å². The summed E-state index contributed by atoms with van der Waals surface area (Å²) in [6.07, 6.45) is 0. The lowest BCUT2D eigenvalue weighted by molar-refractivity contribution is 0.0325. The number of hydrogen-bond acceptors (Lipinski definition) is 4. The molecule has 1 amide bonds. The minimum atomic E-state index is -0.971. The number of nitrogens with zero attached hydrogens (tertiary/aromatic N) is 1. The highest BCUT2D eigenvalue weighted by atomic mass is 16.5. The van der Waals surface area contributed by atoms with E-state index in [9.17, 15) is 9.90 Å². The number of nitrogens with one attached hydrogen (secondary N) is 1. The molecule has 1 atom stereocenters. The van der Waals surface area contributed by atoms with Crippen LogP contribution in [0.2, 0.25) is 0 Å². The molecular formula is C14H22N2O3. The summed E-state index contributed by atoms with van der Waals surface area (Å²) in [5.74, 6) is 0.267. The molecule has 0 aromatic heterocycles. The van der Waals surface area contributed by atoms with E-state index in [1.807, 2.05) is 19.0 Å². The summed E-state index contributed by atoms with van der Waals surface area (Å²) >= 11 is 0. The Morgan fingerprint density at radius 3 is 2.63 bits per heavy atom. The van der Waals surface area contributed by atoms with Crippen molar-refractivity contribution in [2.24, 2.45) is 0 Å². The van der Waals surface area contributed by atoms with Crippen molar-refractivity contribution in [3.8, 4) is 5.75 Å². The van der Waals surface area contributed by atoms with Crippen LogP contribution >= 0.6 is 0 Å². The van der Waals surface area contributed by atoms with Crippen molar-refractivity contribution in [2.75, 3.05) is 34.3 Å². The fraction of sp³-hybridized carbons (Fsp3) is 0.500. The molecule has 0 bridgehead atoms. The number of benzene rings is 1. The first-order chi connectivity index (χ1) is 8.85. The molecule has 1 unspecified atom stereocenters. The minimum absolute atomic E-state index is 0.183. The van der Waals surface area contributed by atoms with E-state index in [1.54, 1.807) is 31.2 Å². The van der Waals surface area contributed by atoms with Gasteiger partial charge in [0.25, 0.3) is 5.91 Å². The highest BCUT2D eigenvalue weighted by Crippen LogP contribution is 2.17. The molecular weight excluding hydrogens is 244 g/mol. The second-order valence-corrected chi connectivity index (χ2v) is 5.12. The second kappa shape index (κ2) is 6.54. The summed E-state index contributed by atoms with van der Waals surface area (Å²) in [6.45, 7) is 2.34. The number of hydrogen-bond donors (Lipinski definition) is 2. The maximum absolute atomic E-state index is 12.0.